The summed E-state index contributed by atoms with van der Waals surface area (Å²) in [4.78, 5) is 25.2. The van der Waals surface area contributed by atoms with Gasteiger partial charge < -0.3 is 14.4 Å². The summed E-state index contributed by atoms with van der Waals surface area (Å²) in [5, 5.41) is 0. The molecule has 1 amide bonds. The van der Waals surface area contributed by atoms with Gasteiger partial charge in [-0.05, 0) is 23.8 Å². The molecule has 0 aliphatic carbocycles. The second-order valence-electron chi connectivity index (χ2n) is 5.27. The number of carbonyl (C=O) groups is 2. The third-order valence-electron chi connectivity index (χ3n) is 3.31. The van der Waals surface area contributed by atoms with Crippen molar-refractivity contribution < 1.29 is 19.1 Å². The van der Waals surface area contributed by atoms with Gasteiger partial charge in [0.15, 0.2) is 5.76 Å². The third-order valence-corrected chi connectivity index (χ3v) is 3.31. The minimum Gasteiger partial charge on any atom is -0.452 e. The maximum absolute atomic E-state index is 12.3. The standard InChI is InChI=1S/C18H15NO4/c1-19(2)18(21)22-13-8-9-14-15(11-13)23-16(17(14)20)10-12-6-4-3-5-7-12/h3-11H,1-2H3/b16-10+. The minimum absolute atomic E-state index is 0.186. The molecule has 0 atom stereocenters. The van der Waals surface area contributed by atoms with Gasteiger partial charge in [-0.1, -0.05) is 30.3 Å². The van der Waals surface area contributed by atoms with Crippen molar-refractivity contribution in [2.75, 3.05) is 14.1 Å². The van der Waals surface area contributed by atoms with Crippen LogP contribution < -0.4 is 9.47 Å². The van der Waals surface area contributed by atoms with E-state index in [0.717, 1.165) is 5.56 Å². The molecule has 5 nitrogen and oxygen atoms in total. The molecule has 0 saturated heterocycles. The molecule has 1 heterocycles. The molecule has 5 heteroatoms. The van der Waals surface area contributed by atoms with Gasteiger partial charge in [-0.15, -0.1) is 0 Å². The number of hydrogen-bond donors (Lipinski definition) is 0. The maximum atomic E-state index is 12.3. The van der Waals surface area contributed by atoms with Crippen LogP contribution >= 0.6 is 0 Å². The number of Topliss-reactive ketones (excluding diaryl/α,β-unsaturated/α-hetero) is 1. The minimum atomic E-state index is -0.491. The first-order chi connectivity index (χ1) is 11.0. The summed E-state index contributed by atoms with van der Waals surface area (Å²) in [7, 11) is 3.19. The average Bonchev–Trinajstić information content (AvgIpc) is 2.84. The molecule has 0 radical (unpaired) electrons. The molecule has 2 aromatic rings. The van der Waals surface area contributed by atoms with Crippen LogP contribution in [0.3, 0.4) is 0 Å². The summed E-state index contributed by atoms with van der Waals surface area (Å²) < 4.78 is 10.8. The fourth-order valence-electron chi connectivity index (χ4n) is 2.12. The Kier molecular flexibility index (Phi) is 3.85. The Morgan fingerprint density at radius 1 is 1.13 bits per heavy atom. The Hall–Kier alpha value is -3.08. The largest absolute Gasteiger partial charge is 0.452 e. The summed E-state index contributed by atoms with van der Waals surface area (Å²) >= 11 is 0. The van der Waals surface area contributed by atoms with E-state index in [4.69, 9.17) is 9.47 Å². The van der Waals surface area contributed by atoms with E-state index in [2.05, 4.69) is 0 Å². The number of rotatable bonds is 2. The zero-order valence-electron chi connectivity index (χ0n) is 12.8. The lowest BCUT2D eigenvalue weighted by Crippen LogP contribution is -2.25. The van der Waals surface area contributed by atoms with Crippen molar-refractivity contribution in [3.05, 3.63) is 65.4 Å². The molecule has 1 aliphatic rings. The fourth-order valence-corrected chi connectivity index (χ4v) is 2.12. The van der Waals surface area contributed by atoms with Crippen molar-refractivity contribution in [1.29, 1.82) is 0 Å². The lowest BCUT2D eigenvalue weighted by Gasteiger charge is -2.10. The van der Waals surface area contributed by atoms with E-state index in [1.165, 1.54) is 4.90 Å². The van der Waals surface area contributed by atoms with Crippen LogP contribution in [0.1, 0.15) is 15.9 Å². The molecular weight excluding hydrogens is 294 g/mol. The van der Waals surface area contributed by atoms with Gasteiger partial charge in [0.25, 0.3) is 0 Å². The first kappa shape index (κ1) is 14.8. The molecule has 0 aromatic heterocycles. The summed E-state index contributed by atoms with van der Waals surface area (Å²) in [5.41, 5.74) is 1.33. The van der Waals surface area contributed by atoms with Gasteiger partial charge in [-0.3, -0.25) is 4.79 Å². The van der Waals surface area contributed by atoms with Gasteiger partial charge >= 0.3 is 6.09 Å². The smallest absolute Gasteiger partial charge is 0.414 e. The molecule has 116 valence electrons. The van der Waals surface area contributed by atoms with E-state index in [1.807, 2.05) is 30.3 Å². The maximum Gasteiger partial charge on any atom is 0.414 e. The second-order valence-corrected chi connectivity index (χ2v) is 5.27. The van der Waals surface area contributed by atoms with Crippen molar-refractivity contribution in [1.82, 2.24) is 4.90 Å². The third kappa shape index (κ3) is 3.08. The van der Waals surface area contributed by atoms with Gasteiger partial charge in [0.05, 0.1) is 5.56 Å². The highest BCUT2D eigenvalue weighted by molar-refractivity contribution is 6.14. The summed E-state index contributed by atoms with van der Waals surface area (Å²) in [6.45, 7) is 0. The molecule has 0 spiro atoms. The molecule has 1 aliphatic heterocycles. The van der Waals surface area contributed by atoms with Crippen molar-refractivity contribution >= 4 is 18.0 Å². The van der Waals surface area contributed by atoms with Gasteiger partial charge in [0, 0.05) is 20.2 Å². The molecule has 3 rings (SSSR count). The SMILES string of the molecule is CN(C)C(=O)Oc1ccc2c(c1)O/C(=C/c1ccccc1)C2=O. The highest BCUT2D eigenvalue weighted by atomic mass is 16.6. The molecule has 0 unspecified atom stereocenters. The second kappa shape index (κ2) is 5.96. The van der Waals surface area contributed by atoms with Crippen LogP contribution in [0.25, 0.3) is 6.08 Å². The van der Waals surface area contributed by atoms with Crippen molar-refractivity contribution in [2.24, 2.45) is 0 Å². The van der Waals surface area contributed by atoms with Crippen molar-refractivity contribution in [3.8, 4) is 11.5 Å². The molecule has 2 aromatic carbocycles. The normalized spacial score (nSPS) is 14.3. The molecular formula is C18H15NO4. The Bertz CT molecular complexity index is 794. The van der Waals surface area contributed by atoms with E-state index in [-0.39, 0.29) is 11.5 Å². The average molecular weight is 309 g/mol. The number of amides is 1. The lowest BCUT2D eigenvalue weighted by molar-refractivity contribution is 0.101. The summed E-state index contributed by atoms with van der Waals surface area (Å²) in [5.74, 6) is 0.786. The van der Waals surface area contributed by atoms with Crippen LogP contribution in [0.5, 0.6) is 11.5 Å². The number of ketones is 1. The van der Waals surface area contributed by atoms with Crippen molar-refractivity contribution in [3.63, 3.8) is 0 Å². The Labute approximate surface area is 133 Å². The molecule has 0 bridgehead atoms. The van der Waals surface area contributed by atoms with Gasteiger partial charge in [-0.2, -0.15) is 0 Å². The summed E-state index contributed by atoms with van der Waals surface area (Å²) in [6.07, 6.45) is 1.20. The number of hydrogen-bond acceptors (Lipinski definition) is 4. The number of fused-ring (bicyclic) bond motifs is 1. The highest BCUT2D eigenvalue weighted by Gasteiger charge is 2.28. The van der Waals surface area contributed by atoms with Gasteiger partial charge in [0.1, 0.15) is 11.5 Å². The Balaban J connectivity index is 1.85. The van der Waals surface area contributed by atoms with E-state index in [0.29, 0.717) is 17.1 Å². The van der Waals surface area contributed by atoms with Crippen LogP contribution in [0.4, 0.5) is 4.79 Å². The first-order valence-corrected chi connectivity index (χ1v) is 7.07. The molecule has 0 saturated carbocycles. The van der Waals surface area contributed by atoms with Gasteiger partial charge in [0.2, 0.25) is 5.78 Å². The number of carbonyl (C=O) groups excluding carboxylic acids is 2. The van der Waals surface area contributed by atoms with Crippen LogP contribution in [-0.4, -0.2) is 30.9 Å². The zero-order valence-corrected chi connectivity index (χ0v) is 12.8. The van der Waals surface area contributed by atoms with Crippen LogP contribution in [0.15, 0.2) is 54.3 Å². The Morgan fingerprint density at radius 3 is 2.57 bits per heavy atom. The van der Waals surface area contributed by atoms with E-state index in [1.54, 1.807) is 38.4 Å². The monoisotopic (exact) mass is 309 g/mol. The quantitative estimate of drug-likeness (QED) is 0.798. The fraction of sp³-hybridized carbons (Fsp3) is 0.111. The van der Waals surface area contributed by atoms with Crippen LogP contribution in [0.2, 0.25) is 0 Å². The topological polar surface area (TPSA) is 55.8 Å². The van der Waals surface area contributed by atoms with E-state index >= 15 is 0 Å². The van der Waals surface area contributed by atoms with E-state index in [9.17, 15) is 9.59 Å². The summed E-state index contributed by atoms with van der Waals surface area (Å²) in [6, 6.07) is 14.2. The van der Waals surface area contributed by atoms with Crippen molar-refractivity contribution in [2.45, 2.75) is 0 Å². The predicted molar refractivity (Wildman–Crippen MR) is 85.5 cm³/mol. The number of ether oxygens (including phenoxy) is 2. The van der Waals surface area contributed by atoms with Crippen LogP contribution in [0, 0.1) is 0 Å². The van der Waals surface area contributed by atoms with Crippen LogP contribution in [-0.2, 0) is 0 Å². The van der Waals surface area contributed by atoms with Gasteiger partial charge in [-0.25, -0.2) is 4.79 Å². The number of allylic oxidation sites excluding steroid dienone is 1. The predicted octanol–water partition coefficient (Wildman–Crippen LogP) is 3.36. The zero-order chi connectivity index (χ0) is 16.4. The highest BCUT2D eigenvalue weighted by Crippen LogP contribution is 2.34. The molecule has 0 fully saturated rings. The van der Waals surface area contributed by atoms with E-state index < -0.39 is 6.09 Å². The number of nitrogens with zero attached hydrogens (tertiary/aromatic N) is 1. The molecule has 0 N–H and O–H groups in total. The first-order valence-electron chi connectivity index (χ1n) is 7.07. The number of benzene rings is 2. The molecule has 23 heavy (non-hydrogen) atoms. The lowest BCUT2D eigenvalue weighted by atomic mass is 10.1. The Morgan fingerprint density at radius 2 is 1.87 bits per heavy atom.